The maximum atomic E-state index is 12.7. The lowest BCUT2D eigenvalue weighted by molar-refractivity contribution is -0.137. The van der Waals surface area contributed by atoms with E-state index in [9.17, 15) is 18.0 Å². The Morgan fingerprint density at radius 2 is 1.89 bits per heavy atom. The number of aliphatic hydroxyl groups excluding tert-OH is 1. The summed E-state index contributed by atoms with van der Waals surface area (Å²) in [6.07, 6.45) is -1.88. The van der Waals surface area contributed by atoms with Crippen molar-refractivity contribution in [3.05, 3.63) is 70.4 Å². The molecule has 0 saturated heterocycles. The van der Waals surface area contributed by atoms with Gasteiger partial charge >= 0.3 is 6.18 Å². The Balaban J connectivity index is 0.00000247. The zero-order valence-electron chi connectivity index (χ0n) is 21.8. The number of alkyl halides is 3. The summed E-state index contributed by atoms with van der Waals surface area (Å²) in [6.45, 7) is 6.34. The third kappa shape index (κ3) is 8.91. The van der Waals surface area contributed by atoms with Crippen molar-refractivity contribution < 1.29 is 27.8 Å². The Bertz CT molecular complexity index is 1190. The van der Waals surface area contributed by atoms with Crippen molar-refractivity contribution in [1.82, 2.24) is 10.3 Å². The van der Waals surface area contributed by atoms with Crippen LogP contribution in [0.1, 0.15) is 37.5 Å². The van der Waals surface area contributed by atoms with Crippen molar-refractivity contribution in [3.63, 3.8) is 0 Å². The van der Waals surface area contributed by atoms with Gasteiger partial charge in [0.05, 0.1) is 30.8 Å². The van der Waals surface area contributed by atoms with Gasteiger partial charge in [0.2, 0.25) is 11.8 Å². The zero-order valence-corrected chi connectivity index (χ0v) is 21.8. The third-order valence-corrected chi connectivity index (χ3v) is 5.16. The average Bonchev–Trinajstić information content (AvgIpc) is 3.40. The molecule has 0 saturated carbocycles. The van der Waals surface area contributed by atoms with Gasteiger partial charge in [0.15, 0.2) is 5.84 Å². The van der Waals surface area contributed by atoms with Crippen molar-refractivity contribution >= 4 is 23.7 Å². The largest absolute Gasteiger partial charge is 0.473 e. The van der Waals surface area contributed by atoms with Gasteiger partial charge in [-0.15, -0.1) is 0 Å². The molecule has 1 aliphatic rings. The number of hydrogen-bond acceptors (Lipinski definition) is 7. The van der Waals surface area contributed by atoms with Gasteiger partial charge in [-0.3, -0.25) is 14.8 Å². The Morgan fingerprint density at radius 3 is 2.47 bits per heavy atom. The van der Waals surface area contributed by atoms with Crippen LogP contribution in [0.5, 0.6) is 5.88 Å². The second kappa shape index (κ2) is 14.8. The summed E-state index contributed by atoms with van der Waals surface area (Å²) in [7, 11) is 1.62. The highest BCUT2D eigenvalue weighted by Crippen LogP contribution is 2.29. The van der Waals surface area contributed by atoms with Gasteiger partial charge in [-0.2, -0.15) is 13.2 Å². The van der Waals surface area contributed by atoms with Crippen LogP contribution in [0.25, 0.3) is 0 Å². The molecule has 0 atom stereocenters. The molecule has 3 rings (SSSR count). The van der Waals surface area contributed by atoms with Gasteiger partial charge in [0.1, 0.15) is 6.61 Å². The van der Waals surface area contributed by atoms with Crippen LogP contribution in [-0.4, -0.2) is 67.1 Å². The summed E-state index contributed by atoms with van der Waals surface area (Å²) in [5.74, 6) is 0.445. The van der Waals surface area contributed by atoms with E-state index in [-0.39, 0.29) is 38.0 Å². The van der Waals surface area contributed by atoms with E-state index in [4.69, 9.17) is 9.84 Å². The molecule has 38 heavy (non-hydrogen) atoms. The summed E-state index contributed by atoms with van der Waals surface area (Å²) >= 11 is 0. The fourth-order valence-electron chi connectivity index (χ4n) is 3.32. The molecule has 2 N–H and O–H groups in total. The second-order valence-corrected chi connectivity index (χ2v) is 7.90. The minimum Gasteiger partial charge on any atom is -0.473 e. The normalized spacial score (nSPS) is 13.8. The van der Waals surface area contributed by atoms with E-state index in [0.717, 1.165) is 34.5 Å². The van der Waals surface area contributed by atoms with Crippen LogP contribution >= 0.6 is 0 Å². The number of amides is 1. The Morgan fingerprint density at radius 1 is 1.18 bits per heavy atom. The molecule has 1 aromatic heterocycles. The molecule has 11 heteroatoms. The minimum atomic E-state index is -4.46. The number of hydrogen-bond donors (Lipinski definition) is 2. The number of rotatable bonds is 10. The van der Waals surface area contributed by atoms with Crippen molar-refractivity contribution in [2.24, 2.45) is 15.0 Å². The lowest BCUT2D eigenvalue weighted by atomic mass is 10.1. The molecule has 1 aliphatic heterocycles. The summed E-state index contributed by atoms with van der Waals surface area (Å²) < 4.78 is 43.7. The first-order valence-corrected chi connectivity index (χ1v) is 12.1. The third-order valence-electron chi connectivity index (χ3n) is 5.16. The number of pyridine rings is 1. The van der Waals surface area contributed by atoms with Crippen molar-refractivity contribution in [3.8, 4) is 5.88 Å². The second-order valence-electron chi connectivity index (χ2n) is 7.90. The fourth-order valence-corrected chi connectivity index (χ4v) is 3.32. The van der Waals surface area contributed by atoms with Crippen LogP contribution < -0.4 is 10.1 Å². The number of nitrogens with one attached hydrogen (secondary N) is 1. The zero-order chi connectivity index (χ0) is 28.1. The van der Waals surface area contributed by atoms with Gasteiger partial charge in [-0.25, -0.2) is 9.98 Å². The summed E-state index contributed by atoms with van der Waals surface area (Å²) in [6, 6.07) is 9.42. The molecular weight excluding hydrogens is 499 g/mol. The van der Waals surface area contributed by atoms with E-state index in [1.807, 2.05) is 45.0 Å². The Labute approximate surface area is 220 Å². The molecule has 1 aromatic carbocycles. The molecule has 8 nitrogen and oxygen atoms in total. The number of carbonyl (C=O) groups excluding carboxylic acids is 1. The van der Waals surface area contributed by atoms with E-state index in [1.165, 1.54) is 6.07 Å². The lowest BCUT2D eigenvalue weighted by Crippen LogP contribution is -2.27. The molecule has 0 radical (unpaired) electrons. The van der Waals surface area contributed by atoms with Crippen molar-refractivity contribution in [1.29, 1.82) is 0 Å². The van der Waals surface area contributed by atoms with Gasteiger partial charge in [0, 0.05) is 43.2 Å². The number of amidine groups is 1. The van der Waals surface area contributed by atoms with Crippen molar-refractivity contribution in [2.45, 2.75) is 33.4 Å². The lowest BCUT2D eigenvalue weighted by Gasteiger charge is -2.11. The molecule has 0 bridgehead atoms. The molecule has 0 unspecified atom stereocenters. The number of nitrogens with zero attached hydrogens (tertiary/aromatic N) is 4. The monoisotopic (exact) mass is 531 g/mol. The number of halogens is 3. The van der Waals surface area contributed by atoms with E-state index in [2.05, 4.69) is 25.3 Å². The smallest absolute Gasteiger partial charge is 0.417 e. The molecule has 204 valence electrons. The quantitative estimate of drug-likeness (QED) is 0.451. The van der Waals surface area contributed by atoms with Gasteiger partial charge in [-0.05, 0) is 24.1 Å². The molecule has 0 aliphatic carbocycles. The van der Waals surface area contributed by atoms with E-state index in [0.29, 0.717) is 18.1 Å². The SMILES string of the molecule is CC.CN=C/C(C1=NC(c2ccc(CC(=O)NCCO)cc2)=NC1)=C(\C)COc1ccc(C(F)(F)F)cn1. The maximum Gasteiger partial charge on any atom is 0.417 e. The van der Waals surface area contributed by atoms with E-state index < -0.39 is 11.7 Å². The van der Waals surface area contributed by atoms with Gasteiger partial charge in [0.25, 0.3) is 0 Å². The fraction of sp³-hybridized carbons (Fsp3) is 0.370. The number of carbonyl (C=O) groups is 1. The number of aliphatic imine (C=N–C) groups is 3. The Kier molecular flexibility index (Phi) is 11.8. The van der Waals surface area contributed by atoms with E-state index in [1.54, 1.807) is 13.3 Å². The first-order chi connectivity index (χ1) is 18.2. The predicted molar refractivity (Wildman–Crippen MR) is 142 cm³/mol. The van der Waals surface area contributed by atoms with Crippen LogP contribution in [0.3, 0.4) is 0 Å². The van der Waals surface area contributed by atoms with Crippen LogP contribution in [-0.2, 0) is 17.4 Å². The van der Waals surface area contributed by atoms with Gasteiger partial charge < -0.3 is 15.2 Å². The number of benzene rings is 1. The first kappa shape index (κ1) is 30.4. The first-order valence-electron chi connectivity index (χ1n) is 12.1. The molecular formula is C27H32F3N5O3. The molecule has 1 amide bonds. The molecule has 2 aromatic rings. The highest BCUT2D eigenvalue weighted by molar-refractivity contribution is 6.25. The highest BCUT2D eigenvalue weighted by atomic mass is 19.4. The number of ether oxygens (including phenoxy) is 1. The van der Waals surface area contributed by atoms with Crippen LogP contribution in [0, 0.1) is 0 Å². The minimum absolute atomic E-state index is 0.0746. The summed E-state index contributed by atoms with van der Waals surface area (Å²) in [5.41, 5.74) is 2.94. The standard InChI is InChI=1S/C25H26F3N5O3.C2H6/c1-16(15-36-23-8-7-19(12-31-23)25(26,27)28)20(13-29-2)21-14-32-24(33-21)18-5-3-17(4-6-18)11-22(35)30-9-10-34;1-2/h3-8,12-13,34H,9-11,14-15H2,1-2H3,(H,30,35);1-2H3/b20-16-,29-13?;. The van der Waals surface area contributed by atoms with Crippen LogP contribution in [0.15, 0.2) is 68.7 Å². The maximum absolute atomic E-state index is 12.7. The van der Waals surface area contributed by atoms with Crippen LogP contribution in [0.2, 0.25) is 0 Å². The highest BCUT2D eigenvalue weighted by Gasteiger charge is 2.30. The Hall–Kier alpha value is -3.86. The molecule has 2 heterocycles. The summed E-state index contributed by atoms with van der Waals surface area (Å²) in [4.78, 5) is 28.8. The number of aromatic nitrogens is 1. The topological polar surface area (TPSA) is 109 Å². The molecule has 0 fully saturated rings. The average molecular weight is 532 g/mol. The predicted octanol–water partition coefficient (Wildman–Crippen LogP) is 4.07. The number of aliphatic hydroxyl groups is 1. The van der Waals surface area contributed by atoms with Crippen LogP contribution in [0.4, 0.5) is 13.2 Å². The van der Waals surface area contributed by atoms with Gasteiger partial charge in [-0.1, -0.05) is 38.1 Å². The molecule has 0 spiro atoms. The summed E-state index contributed by atoms with van der Waals surface area (Å²) in [5, 5.41) is 11.4. The van der Waals surface area contributed by atoms with E-state index >= 15 is 0 Å². The van der Waals surface area contributed by atoms with Crippen molar-refractivity contribution in [2.75, 3.05) is 33.4 Å².